The van der Waals surface area contributed by atoms with E-state index < -0.39 is 5.60 Å². The molecule has 5 heteroatoms. The molecule has 0 aromatic heterocycles. The van der Waals surface area contributed by atoms with E-state index >= 15 is 0 Å². The number of nitrogens with one attached hydrogen (secondary N) is 2. The van der Waals surface area contributed by atoms with Crippen LogP contribution in [0.4, 0.5) is 4.79 Å². The quantitative estimate of drug-likeness (QED) is 0.707. The molecule has 1 aliphatic heterocycles. The number of hydrogen-bond acceptors (Lipinski definition) is 4. The fourth-order valence-corrected chi connectivity index (χ4v) is 2.71. The highest BCUT2D eigenvalue weighted by molar-refractivity contribution is 5.69. The molecule has 1 saturated carbocycles. The zero-order valence-corrected chi connectivity index (χ0v) is 13.8. The van der Waals surface area contributed by atoms with Crippen LogP contribution in [0.25, 0.3) is 0 Å². The van der Waals surface area contributed by atoms with Crippen LogP contribution in [0.2, 0.25) is 0 Å². The fourth-order valence-electron chi connectivity index (χ4n) is 2.71. The van der Waals surface area contributed by atoms with E-state index in [0.717, 1.165) is 45.4 Å². The average Bonchev–Trinajstić information content (AvgIpc) is 3.07. The molecule has 2 aliphatic rings. The number of ether oxygens (including phenoxy) is 1. The van der Waals surface area contributed by atoms with Gasteiger partial charge in [0.15, 0.2) is 0 Å². The molecule has 0 bridgehead atoms. The Morgan fingerprint density at radius 2 is 2.10 bits per heavy atom. The highest BCUT2D eigenvalue weighted by atomic mass is 16.6. The predicted molar refractivity (Wildman–Crippen MR) is 84.5 cm³/mol. The Morgan fingerprint density at radius 3 is 2.67 bits per heavy atom. The third-order valence-electron chi connectivity index (χ3n) is 3.92. The lowest BCUT2D eigenvalue weighted by Gasteiger charge is -2.27. The van der Waals surface area contributed by atoms with E-state index in [1.54, 1.807) is 0 Å². The maximum absolute atomic E-state index is 12.2. The van der Waals surface area contributed by atoms with E-state index in [9.17, 15) is 4.79 Å². The largest absolute Gasteiger partial charge is 0.444 e. The Hall–Kier alpha value is -0.810. The first-order chi connectivity index (χ1) is 9.96. The van der Waals surface area contributed by atoms with Crippen molar-refractivity contribution in [3.05, 3.63) is 0 Å². The monoisotopic (exact) mass is 297 g/mol. The van der Waals surface area contributed by atoms with Crippen LogP contribution in [0.3, 0.4) is 0 Å². The molecule has 1 heterocycles. The molecular weight excluding hydrogens is 266 g/mol. The maximum Gasteiger partial charge on any atom is 0.410 e. The predicted octanol–water partition coefficient (Wildman–Crippen LogP) is 2.12. The first-order valence-corrected chi connectivity index (χ1v) is 8.39. The maximum atomic E-state index is 12.2. The molecule has 1 saturated heterocycles. The summed E-state index contributed by atoms with van der Waals surface area (Å²) in [5, 5.41) is 6.97. The van der Waals surface area contributed by atoms with Gasteiger partial charge in [-0.05, 0) is 66.0 Å². The van der Waals surface area contributed by atoms with Crippen LogP contribution in [0, 0.1) is 0 Å². The van der Waals surface area contributed by atoms with Crippen molar-refractivity contribution >= 4 is 6.09 Å². The molecule has 122 valence electrons. The van der Waals surface area contributed by atoms with E-state index in [4.69, 9.17) is 4.74 Å². The van der Waals surface area contributed by atoms with E-state index in [2.05, 4.69) is 10.6 Å². The molecule has 0 aromatic rings. The molecule has 5 nitrogen and oxygen atoms in total. The highest BCUT2D eigenvalue weighted by Gasteiger charge is 2.34. The number of hydrogen-bond donors (Lipinski definition) is 2. The van der Waals surface area contributed by atoms with Crippen molar-refractivity contribution in [2.24, 2.45) is 0 Å². The van der Waals surface area contributed by atoms with Gasteiger partial charge in [-0.1, -0.05) is 0 Å². The lowest BCUT2D eigenvalue weighted by molar-refractivity contribution is 0.0232. The number of nitrogens with zero attached hydrogens (tertiary/aromatic N) is 1. The molecule has 2 rings (SSSR count). The first kappa shape index (κ1) is 16.6. The fraction of sp³-hybridized carbons (Fsp3) is 0.938. The first-order valence-electron chi connectivity index (χ1n) is 8.39. The molecule has 21 heavy (non-hydrogen) atoms. The molecule has 0 spiro atoms. The van der Waals surface area contributed by atoms with E-state index in [-0.39, 0.29) is 6.09 Å². The molecule has 1 aliphatic carbocycles. The Labute approximate surface area is 128 Å². The van der Waals surface area contributed by atoms with Crippen LogP contribution < -0.4 is 10.6 Å². The van der Waals surface area contributed by atoms with E-state index in [0.29, 0.717) is 12.1 Å². The van der Waals surface area contributed by atoms with Gasteiger partial charge in [-0.15, -0.1) is 0 Å². The van der Waals surface area contributed by atoms with Crippen LogP contribution in [0.1, 0.15) is 52.9 Å². The molecule has 2 fully saturated rings. The summed E-state index contributed by atoms with van der Waals surface area (Å²) in [5.41, 5.74) is -0.406. The normalized spacial score (nSPS) is 22.3. The summed E-state index contributed by atoms with van der Waals surface area (Å²) in [6, 6.07) is 1.05. The highest BCUT2D eigenvalue weighted by Crippen LogP contribution is 2.28. The molecule has 1 amide bonds. The SMILES string of the molecule is CC(C)(C)OC(=O)N(CCCNCC1CCCN1)C1CC1. The summed E-state index contributed by atoms with van der Waals surface area (Å²) in [4.78, 5) is 14.1. The van der Waals surface area contributed by atoms with Gasteiger partial charge in [0.2, 0.25) is 0 Å². The van der Waals surface area contributed by atoms with Gasteiger partial charge in [0, 0.05) is 25.2 Å². The number of rotatable bonds is 7. The lowest BCUT2D eigenvalue weighted by Crippen LogP contribution is -2.40. The molecular formula is C16H31N3O2. The Bertz CT molecular complexity index is 331. The van der Waals surface area contributed by atoms with Gasteiger partial charge in [-0.25, -0.2) is 4.79 Å². The second kappa shape index (κ2) is 7.45. The van der Waals surface area contributed by atoms with Gasteiger partial charge >= 0.3 is 6.09 Å². The lowest BCUT2D eigenvalue weighted by atomic mass is 10.2. The zero-order valence-electron chi connectivity index (χ0n) is 13.8. The average molecular weight is 297 g/mol. The number of carbonyl (C=O) groups is 1. The second-order valence-electron chi connectivity index (χ2n) is 7.26. The van der Waals surface area contributed by atoms with Crippen molar-refractivity contribution in [3.8, 4) is 0 Å². The van der Waals surface area contributed by atoms with Gasteiger partial charge in [-0.2, -0.15) is 0 Å². The van der Waals surface area contributed by atoms with E-state index in [1.165, 1.54) is 12.8 Å². The topological polar surface area (TPSA) is 53.6 Å². The van der Waals surface area contributed by atoms with Gasteiger partial charge in [-0.3, -0.25) is 0 Å². The number of amides is 1. The molecule has 1 atom stereocenters. The second-order valence-corrected chi connectivity index (χ2v) is 7.26. The van der Waals surface area contributed by atoms with Crippen molar-refractivity contribution in [1.29, 1.82) is 0 Å². The third kappa shape index (κ3) is 6.22. The molecule has 2 N–H and O–H groups in total. The standard InChI is InChI=1S/C16H31N3O2/c1-16(2,3)21-15(20)19(14-7-8-14)11-5-9-17-12-13-6-4-10-18-13/h13-14,17-18H,4-12H2,1-3H3. The Morgan fingerprint density at radius 1 is 1.33 bits per heavy atom. The summed E-state index contributed by atoms with van der Waals surface area (Å²) >= 11 is 0. The van der Waals surface area contributed by atoms with Crippen molar-refractivity contribution in [1.82, 2.24) is 15.5 Å². The van der Waals surface area contributed by atoms with Crippen molar-refractivity contribution < 1.29 is 9.53 Å². The zero-order chi connectivity index (χ0) is 15.3. The minimum Gasteiger partial charge on any atom is -0.444 e. The van der Waals surface area contributed by atoms with Crippen LogP contribution in [-0.4, -0.2) is 54.9 Å². The third-order valence-corrected chi connectivity index (χ3v) is 3.92. The summed E-state index contributed by atoms with van der Waals surface area (Å²) < 4.78 is 5.50. The van der Waals surface area contributed by atoms with Crippen molar-refractivity contribution in [2.75, 3.05) is 26.2 Å². The minimum atomic E-state index is -0.406. The summed E-state index contributed by atoms with van der Waals surface area (Å²) in [6.07, 6.45) is 5.65. The van der Waals surface area contributed by atoms with Crippen molar-refractivity contribution in [3.63, 3.8) is 0 Å². The van der Waals surface area contributed by atoms with Crippen LogP contribution in [-0.2, 0) is 4.74 Å². The molecule has 0 radical (unpaired) electrons. The van der Waals surface area contributed by atoms with Crippen LogP contribution in [0.5, 0.6) is 0 Å². The van der Waals surface area contributed by atoms with Gasteiger partial charge in [0.1, 0.15) is 5.60 Å². The summed E-state index contributed by atoms with van der Waals surface area (Å²) in [6.45, 7) is 9.72. The summed E-state index contributed by atoms with van der Waals surface area (Å²) in [7, 11) is 0. The van der Waals surface area contributed by atoms with E-state index in [1.807, 2.05) is 25.7 Å². The minimum absolute atomic E-state index is 0.151. The smallest absolute Gasteiger partial charge is 0.410 e. The van der Waals surface area contributed by atoms with Gasteiger partial charge in [0.05, 0.1) is 0 Å². The van der Waals surface area contributed by atoms with Crippen molar-refractivity contribution in [2.45, 2.75) is 70.6 Å². The van der Waals surface area contributed by atoms with Crippen LogP contribution in [0.15, 0.2) is 0 Å². The molecule has 0 aromatic carbocycles. The van der Waals surface area contributed by atoms with Gasteiger partial charge < -0.3 is 20.3 Å². The van der Waals surface area contributed by atoms with Crippen LogP contribution >= 0.6 is 0 Å². The van der Waals surface area contributed by atoms with Gasteiger partial charge in [0.25, 0.3) is 0 Å². The molecule has 1 unspecified atom stereocenters. The Balaban J connectivity index is 1.62. The Kier molecular flexibility index (Phi) is 5.88. The summed E-state index contributed by atoms with van der Waals surface area (Å²) in [5.74, 6) is 0. The number of carbonyl (C=O) groups excluding carboxylic acids is 1.